The third kappa shape index (κ3) is 2.62. The lowest BCUT2D eigenvalue weighted by Crippen LogP contribution is -2.17. The van der Waals surface area contributed by atoms with Gasteiger partial charge in [0.25, 0.3) is 0 Å². The summed E-state index contributed by atoms with van der Waals surface area (Å²) in [5.74, 6) is 0.534. The second-order valence-electron chi connectivity index (χ2n) is 4.14. The van der Waals surface area contributed by atoms with Crippen LogP contribution in [0.15, 0.2) is 12.3 Å². The van der Waals surface area contributed by atoms with Crippen molar-refractivity contribution in [2.45, 2.75) is 33.6 Å². The van der Waals surface area contributed by atoms with Crippen molar-refractivity contribution in [2.75, 3.05) is 5.32 Å². The van der Waals surface area contributed by atoms with Crippen molar-refractivity contribution in [3.63, 3.8) is 0 Å². The number of H-pyrrole nitrogens is 1. The van der Waals surface area contributed by atoms with Gasteiger partial charge in [0, 0.05) is 17.8 Å². The van der Waals surface area contributed by atoms with Crippen molar-refractivity contribution < 1.29 is 4.79 Å². The van der Waals surface area contributed by atoms with Gasteiger partial charge in [0.05, 0.1) is 5.69 Å². The second kappa shape index (κ2) is 4.31. The van der Waals surface area contributed by atoms with Gasteiger partial charge >= 0.3 is 0 Å². The molecule has 78 valence electrons. The molecule has 1 aromatic heterocycles. The molecule has 1 heterocycles. The molecule has 0 saturated heterocycles. The van der Waals surface area contributed by atoms with Crippen molar-refractivity contribution >= 4 is 11.6 Å². The normalized spacial score (nSPS) is 11.0. The van der Waals surface area contributed by atoms with E-state index in [9.17, 15) is 4.79 Å². The van der Waals surface area contributed by atoms with Crippen LogP contribution in [-0.2, 0) is 4.79 Å². The minimum absolute atomic E-state index is 0.0207. The summed E-state index contributed by atoms with van der Waals surface area (Å²) in [5, 5.41) is 2.85. The Morgan fingerprint density at radius 1 is 1.36 bits per heavy atom. The van der Waals surface area contributed by atoms with Crippen LogP contribution in [0.4, 0.5) is 5.69 Å². The number of aromatic nitrogens is 1. The Morgan fingerprint density at radius 2 is 2.00 bits per heavy atom. The van der Waals surface area contributed by atoms with Gasteiger partial charge in [-0.25, -0.2) is 0 Å². The molecule has 0 saturated carbocycles. The molecule has 3 nitrogen and oxygen atoms in total. The first kappa shape index (κ1) is 10.8. The third-order valence-electron chi connectivity index (χ3n) is 2.12. The smallest absolute Gasteiger partial charge is 0.226 e. The Balaban J connectivity index is 2.64. The second-order valence-corrected chi connectivity index (χ2v) is 4.14. The van der Waals surface area contributed by atoms with Gasteiger partial charge in [0.2, 0.25) is 5.91 Å². The molecule has 3 heteroatoms. The fraction of sp³-hybridized carbons (Fsp3) is 0.545. The van der Waals surface area contributed by atoms with Crippen molar-refractivity contribution in [1.29, 1.82) is 0 Å². The summed E-state index contributed by atoms with van der Waals surface area (Å²) in [4.78, 5) is 14.5. The summed E-state index contributed by atoms with van der Waals surface area (Å²) in [6.45, 7) is 7.98. The molecular weight excluding hydrogens is 176 g/mol. The molecular formula is C11H18N2O. The van der Waals surface area contributed by atoms with E-state index in [4.69, 9.17) is 0 Å². The summed E-state index contributed by atoms with van der Waals surface area (Å²) >= 11 is 0. The average Bonchev–Trinajstić information content (AvgIpc) is 2.52. The highest BCUT2D eigenvalue weighted by molar-refractivity contribution is 5.92. The van der Waals surface area contributed by atoms with Gasteiger partial charge in [0.15, 0.2) is 0 Å². The Morgan fingerprint density at radius 3 is 2.43 bits per heavy atom. The van der Waals surface area contributed by atoms with E-state index in [1.165, 1.54) is 0 Å². The van der Waals surface area contributed by atoms with Crippen LogP contribution >= 0.6 is 0 Å². The van der Waals surface area contributed by atoms with E-state index in [1.54, 1.807) is 0 Å². The molecule has 0 unspecified atom stereocenters. The topological polar surface area (TPSA) is 44.9 Å². The van der Waals surface area contributed by atoms with Crippen LogP contribution in [0.5, 0.6) is 0 Å². The van der Waals surface area contributed by atoms with Crippen LogP contribution in [0.2, 0.25) is 0 Å². The zero-order valence-electron chi connectivity index (χ0n) is 9.22. The largest absolute Gasteiger partial charge is 0.363 e. The molecule has 1 rings (SSSR count). The maximum Gasteiger partial charge on any atom is 0.226 e. The highest BCUT2D eigenvalue weighted by atomic mass is 16.1. The minimum atomic E-state index is 0.0207. The Labute approximate surface area is 84.9 Å². The number of aromatic amines is 1. The molecule has 0 bridgehead atoms. The van der Waals surface area contributed by atoms with Gasteiger partial charge in [0.1, 0.15) is 0 Å². The molecule has 14 heavy (non-hydrogen) atoms. The molecule has 2 N–H and O–H groups in total. The quantitative estimate of drug-likeness (QED) is 0.763. The number of nitrogens with one attached hydrogen (secondary N) is 2. The van der Waals surface area contributed by atoms with Gasteiger partial charge < -0.3 is 10.3 Å². The average molecular weight is 194 g/mol. The Bertz CT molecular complexity index is 313. The van der Waals surface area contributed by atoms with Crippen molar-refractivity contribution in [1.82, 2.24) is 4.98 Å². The van der Waals surface area contributed by atoms with E-state index in [1.807, 2.05) is 26.1 Å². The van der Waals surface area contributed by atoms with Gasteiger partial charge in [-0.15, -0.1) is 0 Å². The van der Waals surface area contributed by atoms with Crippen molar-refractivity contribution in [3.05, 3.63) is 18.0 Å². The minimum Gasteiger partial charge on any atom is -0.363 e. The van der Waals surface area contributed by atoms with E-state index in [0.717, 1.165) is 11.4 Å². The molecule has 1 aromatic rings. The molecule has 0 fully saturated rings. The zero-order valence-corrected chi connectivity index (χ0v) is 9.22. The van der Waals surface area contributed by atoms with Gasteiger partial charge in [-0.1, -0.05) is 27.7 Å². The molecule has 0 atom stereocenters. The molecule has 0 aliphatic rings. The molecule has 1 amide bonds. The van der Waals surface area contributed by atoms with Crippen LogP contribution in [0, 0.1) is 5.92 Å². The van der Waals surface area contributed by atoms with E-state index >= 15 is 0 Å². The molecule has 0 aliphatic heterocycles. The molecule has 0 aliphatic carbocycles. The Hall–Kier alpha value is -1.25. The summed E-state index contributed by atoms with van der Waals surface area (Å²) in [5.41, 5.74) is 2.00. The monoisotopic (exact) mass is 194 g/mol. The number of rotatable bonds is 3. The highest BCUT2D eigenvalue weighted by Gasteiger charge is 2.09. The number of carbonyl (C=O) groups excluding carboxylic acids is 1. The van der Waals surface area contributed by atoms with Crippen LogP contribution in [0.25, 0.3) is 0 Å². The lowest BCUT2D eigenvalue weighted by molar-refractivity contribution is -0.118. The number of carbonyl (C=O) groups is 1. The lowest BCUT2D eigenvalue weighted by atomic mass is 10.1. The first-order chi connectivity index (χ1) is 6.50. The van der Waals surface area contributed by atoms with Gasteiger partial charge in [-0.3, -0.25) is 4.79 Å². The number of anilines is 1. The number of amides is 1. The van der Waals surface area contributed by atoms with E-state index in [-0.39, 0.29) is 11.8 Å². The fourth-order valence-electron chi connectivity index (χ4n) is 1.10. The number of hydrogen-bond donors (Lipinski definition) is 2. The van der Waals surface area contributed by atoms with E-state index in [2.05, 4.69) is 24.1 Å². The van der Waals surface area contributed by atoms with Crippen LogP contribution in [-0.4, -0.2) is 10.9 Å². The predicted molar refractivity (Wildman–Crippen MR) is 58.3 cm³/mol. The summed E-state index contributed by atoms with van der Waals surface area (Å²) in [7, 11) is 0. The van der Waals surface area contributed by atoms with Gasteiger partial charge in [-0.05, 0) is 12.0 Å². The fourth-order valence-corrected chi connectivity index (χ4v) is 1.10. The Kier molecular flexibility index (Phi) is 3.33. The van der Waals surface area contributed by atoms with E-state index in [0.29, 0.717) is 5.92 Å². The van der Waals surface area contributed by atoms with E-state index < -0.39 is 0 Å². The van der Waals surface area contributed by atoms with Crippen LogP contribution in [0.3, 0.4) is 0 Å². The van der Waals surface area contributed by atoms with Crippen molar-refractivity contribution in [2.24, 2.45) is 5.92 Å². The summed E-state index contributed by atoms with van der Waals surface area (Å²) < 4.78 is 0. The third-order valence-corrected chi connectivity index (χ3v) is 2.12. The van der Waals surface area contributed by atoms with Gasteiger partial charge in [-0.2, -0.15) is 0 Å². The highest BCUT2D eigenvalue weighted by Crippen LogP contribution is 2.17. The maximum atomic E-state index is 11.4. The molecule has 0 aromatic carbocycles. The SMILES string of the molecule is CC(C)C(=O)Nc1c[nH]c(C(C)C)c1. The molecule has 0 spiro atoms. The van der Waals surface area contributed by atoms with Crippen LogP contribution in [0.1, 0.15) is 39.3 Å². The first-order valence-corrected chi connectivity index (χ1v) is 5.00. The standard InChI is InChI=1S/C11H18N2O/c1-7(2)10-5-9(6-12-10)13-11(14)8(3)4/h5-8,12H,1-4H3,(H,13,14). The maximum absolute atomic E-state index is 11.4. The van der Waals surface area contributed by atoms with Crippen molar-refractivity contribution in [3.8, 4) is 0 Å². The first-order valence-electron chi connectivity index (χ1n) is 5.00. The number of hydrogen-bond acceptors (Lipinski definition) is 1. The lowest BCUT2D eigenvalue weighted by Gasteiger charge is -2.04. The summed E-state index contributed by atoms with van der Waals surface area (Å²) in [6.07, 6.45) is 1.83. The molecule has 0 radical (unpaired) electrons. The van der Waals surface area contributed by atoms with Crippen LogP contribution < -0.4 is 5.32 Å². The summed E-state index contributed by atoms with van der Waals surface area (Å²) in [6, 6.07) is 1.98. The predicted octanol–water partition coefficient (Wildman–Crippen LogP) is 2.73. The zero-order chi connectivity index (χ0) is 10.7.